The maximum absolute atomic E-state index is 12.2. The van der Waals surface area contributed by atoms with E-state index < -0.39 is 5.60 Å². The van der Waals surface area contributed by atoms with Crippen LogP contribution in [-0.4, -0.2) is 35.0 Å². The Morgan fingerprint density at radius 1 is 1.03 bits per heavy atom. The minimum absolute atomic E-state index is 0.137. The molecule has 0 aromatic carbocycles. The van der Waals surface area contributed by atoms with Crippen molar-refractivity contribution in [2.75, 3.05) is 7.11 Å². The third kappa shape index (κ3) is 3.05. The lowest BCUT2D eigenvalue weighted by atomic mass is 9.43. The lowest BCUT2D eigenvalue weighted by Crippen LogP contribution is -2.62. The molecular weight excluding hydrogens is 364 g/mol. The second-order valence-electron chi connectivity index (χ2n) is 10.8. The van der Waals surface area contributed by atoms with Crippen molar-refractivity contribution in [3.63, 3.8) is 0 Å². The molecule has 4 aliphatic rings. The summed E-state index contributed by atoms with van der Waals surface area (Å²) >= 11 is 0. The average molecular weight is 403 g/mol. The number of hydrogen-bond acceptors (Lipinski definition) is 4. The van der Waals surface area contributed by atoms with Crippen molar-refractivity contribution in [1.29, 1.82) is 0 Å². The van der Waals surface area contributed by atoms with Gasteiger partial charge in [0.25, 0.3) is 0 Å². The van der Waals surface area contributed by atoms with Crippen molar-refractivity contribution >= 4 is 5.97 Å². The number of allylic oxidation sites excluding steroid dienone is 2. The molecule has 4 nitrogen and oxygen atoms in total. The maximum atomic E-state index is 12.2. The summed E-state index contributed by atoms with van der Waals surface area (Å²) in [5.41, 5.74) is 0.336. The van der Waals surface area contributed by atoms with Crippen LogP contribution in [-0.2, 0) is 9.53 Å². The molecular formula is C25H38O4. The van der Waals surface area contributed by atoms with Crippen LogP contribution in [0.5, 0.6) is 0 Å². The fourth-order valence-corrected chi connectivity index (χ4v) is 8.16. The van der Waals surface area contributed by atoms with Crippen molar-refractivity contribution in [2.24, 2.45) is 34.5 Å². The molecule has 0 aromatic rings. The van der Waals surface area contributed by atoms with Gasteiger partial charge in [-0.15, -0.1) is 0 Å². The van der Waals surface area contributed by atoms with Gasteiger partial charge in [0, 0.05) is 11.5 Å². The lowest BCUT2D eigenvalue weighted by molar-refractivity contribution is -0.207. The Labute approximate surface area is 175 Å². The van der Waals surface area contributed by atoms with E-state index >= 15 is 0 Å². The molecule has 0 bridgehead atoms. The van der Waals surface area contributed by atoms with Gasteiger partial charge < -0.3 is 14.9 Å². The number of carbonyl (C=O) groups excluding carboxylic acids is 1. The maximum Gasteiger partial charge on any atom is 0.330 e. The van der Waals surface area contributed by atoms with Crippen LogP contribution >= 0.6 is 0 Å². The number of hydrogen-bond donors (Lipinski definition) is 2. The summed E-state index contributed by atoms with van der Waals surface area (Å²) in [6.45, 7) is 8.97. The van der Waals surface area contributed by atoms with Crippen molar-refractivity contribution in [2.45, 2.75) is 83.3 Å². The van der Waals surface area contributed by atoms with Crippen LogP contribution in [0, 0.1) is 34.5 Å². The zero-order chi connectivity index (χ0) is 21.0. The minimum atomic E-state index is -0.660. The molecule has 0 saturated heterocycles. The number of esters is 1. The fraction of sp³-hybridized carbons (Fsp3) is 0.800. The first kappa shape index (κ1) is 21.1. The van der Waals surface area contributed by atoms with Crippen LogP contribution in [0.15, 0.2) is 24.3 Å². The van der Waals surface area contributed by atoms with E-state index in [0.717, 1.165) is 63.4 Å². The normalized spacial score (nSPS) is 49.2. The van der Waals surface area contributed by atoms with Gasteiger partial charge in [-0.05, 0) is 86.9 Å². The van der Waals surface area contributed by atoms with Gasteiger partial charge in [-0.2, -0.15) is 0 Å². The first-order chi connectivity index (χ1) is 13.7. The largest absolute Gasteiger partial charge is 0.466 e. The third-order valence-electron chi connectivity index (χ3n) is 9.91. The number of ether oxygens (including phenoxy) is 1. The highest BCUT2D eigenvalue weighted by Crippen LogP contribution is 2.69. The minimum Gasteiger partial charge on any atom is -0.466 e. The predicted molar refractivity (Wildman–Crippen MR) is 113 cm³/mol. The zero-order valence-electron chi connectivity index (χ0n) is 18.3. The van der Waals surface area contributed by atoms with E-state index in [9.17, 15) is 15.0 Å². The fourth-order valence-electron chi connectivity index (χ4n) is 8.16. The molecule has 0 amide bonds. The predicted octanol–water partition coefficient (Wildman–Crippen LogP) is 4.41. The molecule has 8 atom stereocenters. The van der Waals surface area contributed by atoms with Crippen molar-refractivity contribution in [3.8, 4) is 0 Å². The highest BCUT2D eigenvalue weighted by atomic mass is 16.5. The van der Waals surface area contributed by atoms with Crippen LogP contribution < -0.4 is 0 Å². The van der Waals surface area contributed by atoms with Gasteiger partial charge >= 0.3 is 5.97 Å². The Hall–Kier alpha value is -1.13. The molecule has 4 saturated carbocycles. The van der Waals surface area contributed by atoms with Crippen LogP contribution in [0.2, 0.25) is 0 Å². The van der Waals surface area contributed by atoms with Crippen molar-refractivity contribution in [1.82, 2.24) is 0 Å². The molecule has 0 unspecified atom stereocenters. The molecule has 0 aliphatic heterocycles. The Morgan fingerprint density at radius 2 is 1.79 bits per heavy atom. The molecule has 2 N–H and O–H groups in total. The first-order valence-electron chi connectivity index (χ1n) is 11.5. The average Bonchev–Trinajstić information content (AvgIpc) is 2.98. The summed E-state index contributed by atoms with van der Waals surface area (Å²) in [6.07, 6.45) is 12.1. The standard InChI is InChI=1S/C25H38O4/c1-16(5-8-22(27)29-4)19-11-14-25(28)21-7-6-17-15-18(26)9-12-23(17,2)20(21)10-13-24(19,25)3/h5,8,17-21,26,28H,1,6-7,9-15H2,2-4H3/b8-5-/t17-,18+,19-,20+,21-,23+,24-,25+/m1/s1. The number of rotatable bonds is 3. The monoisotopic (exact) mass is 402 g/mol. The van der Waals surface area contributed by atoms with E-state index in [-0.39, 0.29) is 28.8 Å². The topological polar surface area (TPSA) is 66.8 Å². The molecule has 162 valence electrons. The second kappa shape index (κ2) is 7.23. The Kier molecular flexibility index (Phi) is 5.26. The van der Waals surface area contributed by atoms with E-state index in [1.165, 1.54) is 13.2 Å². The number of fused-ring (bicyclic) bond motifs is 5. The van der Waals surface area contributed by atoms with Crippen molar-refractivity contribution < 1.29 is 19.7 Å². The van der Waals surface area contributed by atoms with Gasteiger partial charge in [0.15, 0.2) is 0 Å². The van der Waals surface area contributed by atoms with E-state index in [4.69, 9.17) is 4.74 Å². The highest BCUT2D eigenvalue weighted by Gasteiger charge is 2.67. The van der Waals surface area contributed by atoms with E-state index in [1.54, 1.807) is 6.08 Å². The zero-order valence-corrected chi connectivity index (χ0v) is 18.3. The lowest BCUT2D eigenvalue weighted by Gasteiger charge is -2.63. The Balaban J connectivity index is 1.59. The van der Waals surface area contributed by atoms with E-state index in [0.29, 0.717) is 17.8 Å². The van der Waals surface area contributed by atoms with Gasteiger partial charge in [-0.1, -0.05) is 32.1 Å². The summed E-state index contributed by atoms with van der Waals surface area (Å²) < 4.78 is 4.72. The molecule has 4 heteroatoms. The summed E-state index contributed by atoms with van der Waals surface area (Å²) in [6, 6.07) is 0. The summed E-state index contributed by atoms with van der Waals surface area (Å²) in [5.74, 6) is 1.31. The van der Waals surface area contributed by atoms with Crippen LogP contribution in [0.25, 0.3) is 0 Å². The van der Waals surface area contributed by atoms with Gasteiger partial charge in [0.1, 0.15) is 0 Å². The Morgan fingerprint density at radius 3 is 2.52 bits per heavy atom. The third-order valence-corrected chi connectivity index (χ3v) is 9.91. The molecule has 0 heterocycles. The summed E-state index contributed by atoms with van der Waals surface area (Å²) in [5, 5.41) is 22.4. The van der Waals surface area contributed by atoms with Crippen LogP contribution in [0.3, 0.4) is 0 Å². The van der Waals surface area contributed by atoms with Crippen LogP contribution in [0.1, 0.15) is 71.6 Å². The van der Waals surface area contributed by atoms with E-state index in [1.807, 2.05) is 0 Å². The van der Waals surface area contributed by atoms with Gasteiger partial charge in [-0.3, -0.25) is 0 Å². The number of aliphatic hydroxyl groups is 2. The molecule has 0 spiro atoms. The van der Waals surface area contributed by atoms with Crippen molar-refractivity contribution in [3.05, 3.63) is 24.3 Å². The van der Waals surface area contributed by atoms with Crippen LogP contribution in [0.4, 0.5) is 0 Å². The van der Waals surface area contributed by atoms with Gasteiger partial charge in [0.2, 0.25) is 0 Å². The molecule has 4 rings (SSSR count). The molecule has 29 heavy (non-hydrogen) atoms. The number of methoxy groups -OCH3 is 1. The summed E-state index contributed by atoms with van der Waals surface area (Å²) in [4.78, 5) is 11.5. The van der Waals surface area contributed by atoms with Gasteiger partial charge in [0.05, 0.1) is 18.8 Å². The number of aliphatic hydroxyl groups excluding tert-OH is 1. The van der Waals surface area contributed by atoms with Gasteiger partial charge in [-0.25, -0.2) is 4.79 Å². The molecule has 4 fully saturated rings. The van der Waals surface area contributed by atoms with E-state index in [2.05, 4.69) is 20.4 Å². The first-order valence-corrected chi connectivity index (χ1v) is 11.5. The smallest absolute Gasteiger partial charge is 0.330 e. The molecule has 0 aromatic heterocycles. The highest BCUT2D eigenvalue weighted by molar-refractivity contribution is 5.82. The number of carbonyl (C=O) groups is 1. The molecule has 0 radical (unpaired) electrons. The SMILES string of the molecule is C=C(/C=C\C(=O)OC)[C@H]1CC[C@]2(O)[C@@H]3CC[C@@H]4C[C@@H](O)CC[C@]4(C)[C@H]3CC[C@]12C. The summed E-state index contributed by atoms with van der Waals surface area (Å²) in [7, 11) is 1.38. The molecule has 4 aliphatic carbocycles. The quantitative estimate of drug-likeness (QED) is 0.417. The Bertz CT molecular complexity index is 714. The second-order valence-corrected chi connectivity index (χ2v) is 10.8.